The van der Waals surface area contributed by atoms with Gasteiger partial charge in [-0.2, -0.15) is 0 Å². The number of anilines is 12. The van der Waals surface area contributed by atoms with Crippen LogP contribution in [-0.4, -0.2) is 149 Å². The van der Waals surface area contributed by atoms with Crippen LogP contribution in [-0.2, 0) is 25.7 Å². The third-order valence-electron chi connectivity index (χ3n) is 25.1. The minimum atomic E-state index is -0.385. The van der Waals surface area contributed by atoms with E-state index in [2.05, 4.69) is 177 Å². The summed E-state index contributed by atoms with van der Waals surface area (Å²) in [5, 5.41) is 5.93. The highest BCUT2D eigenvalue weighted by Gasteiger charge is 2.34. The van der Waals surface area contributed by atoms with Gasteiger partial charge in [-0.1, -0.05) is 173 Å². The maximum atomic E-state index is 11.9. The Morgan fingerprint density at radius 2 is 0.407 bits per heavy atom. The SMILES string of the molecule is CCN(C)c1c(CCCC(C)(C)C)c(=O)c1=O.CCN(C)c1c(N(C)CCC(C)(C)C)c(=O)c1=O.CCN(CC)c1c(CCCC(C)(C)C)c(=O)c1=O.CCN(CC)c1c(N(C)CCCCC(C)(C)C)c(=O)c1=O.CCNc1c(CCCC(C)(C)C)c(=O)c1=O.CCNc1c(N(C)CCC(C)(C)C)c(=O)c1=O.CN(C)c1c(CCCC(C)(C)C)c(=O)c1=O.CN(C)c1c(N(C)CCC(C)(C)C)c(=O)c1=O. The van der Waals surface area contributed by atoms with Crippen molar-refractivity contribution in [2.24, 2.45) is 43.3 Å². The van der Waals surface area contributed by atoms with E-state index in [4.69, 9.17) is 0 Å². The minimum absolute atomic E-state index is 0.225. The van der Waals surface area contributed by atoms with Gasteiger partial charge < -0.3 is 59.6 Å². The van der Waals surface area contributed by atoms with Crippen molar-refractivity contribution in [3.63, 3.8) is 0 Å². The number of unbranched alkanes of at least 4 members (excludes halogenated alkanes) is 1. The maximum Gasteiger partial charge on any atom is 0.253 e. The average molecular weight is 1960 g/mol. The van der Waals surface area contributed by atoms with Crippen LogP contribution in [0.15, 0.2) is 76.7 Å². The lowest BCUT2D eigenvalue weighted by atomic mass is 9.88. The van der Waals surface area contributed by atoms with Crippen LogP contribution in [0.1, 0.15) is 334 Å². The van der Waals surface area contributed by atoms with E-state index in [1.165, 1.54) is 6.42 Å². The number of hydrogen-bond acceptors (Lipinski definition) is 28. The Balaban J connectivity index is 0.000000801. The normalized spacial score (nSPS) is 12.0. The van der Waals surface area contributed by atoms with Crippen LogP contribution in [0.2, 0.25) is 0 Å². The summed E-state index contributed by atoms with van der Waals surface area (Å²) in [6, 6.07) is 0. The molecular formula is C112H188N12O16. The van der Waals surface area contributed by atoms with E-state index in [0.717, 1.165) is 191 Å². The van der Waals surface area contributed by atoms with Crippen molar-refractivity contribution < 1.29 is 0 Å². The van der Waals surface area contributed by atoms with Crippen molar-refractivity contribution in [2.75, 3.05) is 209 Å². The van der Waals surface area contributed by atoms with Gasteiger partial charge in [-0.15, -0.1) is 0 Å². The molecule has 2 N–H and O–H groups in total. The second kappa shape index (κ2) is 55.2. The fourth-order valence-corrected chi connectivity index (χ4v) is 16.1. The van der Waals surface area contributed by atoms with Crippen molar-refractivity contribution in [1.29, 1.82) is 0 Å². The third kappa shape index (κ3) is 39.2. The zero-order valence-electron chi connectivity index (χ0n) is 95.2. The van der Waals surface area contributed by atoms with Crippen molar-refractivity contribution in [1.82, 2.24) is 0 Å². The van der Waals surface area contributed by atoms with Gasteiger partial charge in [-0.3, -0.25) is 76.7 Å². The van der Waals surface area contributed by atoms with E-state index in [0.29, 0.717) is 92.3 Å². The summed E-state index contributed by atoms with van der Waals surface area (Å²) in [6.07, 6.45) is 17.4. The second-order valence-corrected chi connectivity index (χ2v) is 47.9. The summed E-state index contributed by atoms with van der Waals surface area (Å²) < 4.78 is 0. The molecule has 0 atom stereocenters. The zero-order chi connectivity index (χ0) is 109. The molecule has 0 aliphatic carbocycles. The lowest BCUT2D eigenvalue weighted by molar-refractivity contribution is 0.361. The first-order valence-corrected chi connectivity index (χ1v) is 51.2. The van der Waals surface area contributed by atoms with E-state index in [1.54, 1.807) is 23.9 Å². The molecule has 28 nitrogen and oxygen atoms in total. The molecule has 0 aliphatic heterocycles. The average Bonchev–Trinajstić information content (AvgIpc) is 0.749. The topological polar surface area (TPSA) is 330 Å². The van der Waals surface area contributed by atoms with Crippen LogP contribution >= 0.6 is 0 Å². The molecule has 8 aromatic rings. The molecule has 0 aliphatic rings. The molecule has 0 saturated heterocycles. The molecular weight excluding hydrogens is 1770 g/mol. The van der Waals surface area contributed by atoms with E-state index in [1.807, 2.05) is 151 Å². The molecule has 8 aromatic carbocycles. The van der Waals surface area contributed by atoms with Crippen LogP contribution in [0, 0.1) is 43.3 Å². The van der Waals surface area contributed by atoms with E-state index in [9.17, 15) is 76.7 Å². The molecule has 0 heterocycles. The highest BCUT2D eigenvalue weighted by atomic mass is 16.2. The van der Waals surface area contributed by atoms with Crippen LogP contribution < -0.4 is 146 Å². The molecule has 140 heavy (non-hydrogen) atoms. The summed E-state index contributed by atoms with van der Waals surface area (Å²) in [6.45, 7) is 77.4. The van der Waals surface area contributed by atoms with Gasteiger partial charge in [0, 0.05) is 171 Å². The fraction of sp³-hybridized carbons (Fsp3) is 0.714. The smallest absolute Gasteiger partial charge is 0.253 e. The largest absolute Gasteiger partial charge is 0.382 e. The zero-order valence-corrected chi connectivity index (χ0v) is 95.2. The van der Waals surface area contributed by atoms with Gasteiger partial charge in [0.25, 0.3) is 43.4 Å². The van der Waals surface area contributed by atoms with E-state index < -0.39 is 0 Å². The van der Waals surface area contributed by atoms with E-state index >= 15 is 0 Å². The Hall–Kier alpha value is -9.76. The first kappa shape index (κ1) is 128. The summed E-state index contributed by atoms with van der Waals surface area (Å²) in [4.78, 5) is 203. The molecule has 8 rings (SSSR count). The van der Waals surface area contributed by atoms with Crippen LogP contribution in [0.4, 0.5) is 68.2 Å². The van der Waals surface area contributed by atoms with Crippen molar-refractivity contribution in [3.05, 3.63) is 186 Å². The molecule has 28 heteroatoms. The first-order valence-electron chi connectivity index (χ1n) is 51.2. The molecule has 0 amide bonds. The number of nitrogens with zero attached hydrogens (tertiary/aromatic N) is 10. The summed E-state index contributed by atoms with van der Waals surface area (Å²) in [5.41, 5.74) is 6.91. The molecule has 0 bridgehead atoms. The van der Waals surface area contributed by atoms with Crippen LogP contribution in [0.25, 0.3) is 0 Å². The van der Waals surface area contributed by atoms with Crippen molar-refractivity contribution in [2.45, 2.75) is 337 Å². The summed E-state index contributed by atoms with van der Waals surface area (Å²) in [5.74, 6) is 0. The van der Waals surface area contributed by atoms with Gasteiger partial charge in [-0.25, -0.2) is 0 Å². The standard InChI is InChI=1S/C17H30N2O2.C15H25NO2.C14H24N2O2.C14H23NO2.2C13H22N2O2.2C13H21NO2/c1-7-19(8-2)14-13(15(20)16(14)21)18(6)12-10-9-11-17(3,4)5;1-6-16(7-2)12-11(13(17)14(12)18)9-8-10-15(3,4)5;1-7-15(5)10-11(13(18)12(10)17)16(6)9-8-14(2,3)4;1-6-15(5)11-10(12(16)13(11)17)8-7-9-14(2,3)4;1-13(2,3)7-8-15(6)10-9(14(4)5)11(16)12(10)17;1-6-14-9-10(12(17)11(9)16)15(5)8-7-13(2,3)4;1-13(2,3)8-6-7-9-10(14(4)5)12(16)11(9)15;1-5-14-10-9(11(15)12(10)16)7-6-8-13(2,3)4/h7-12H2,1-6H3;6-10H2,1-5H3;7-9H2,1-6H3;6-9H2,1-5H3;7-8H2,1-6H3;14H,6-8H2,1-5H3;6-8H2,1-5H3;14H,5-8H2,1-4H3. The Morgan fingerprint density at radius 1 is 0.186 bits per heavy atom. The summed E-state index contributed by atoms with van der Waals surface area (Å²) in [7, 11) is 18.4. The molecule has 0 saturated carbocycles. The molecule has 0 radical (unpaired) electrons. The Labute approximate surface area is 838 Å². The number of rotatable bonds is 42. The molecule has 0 fully saturated rings. The molecule has 0 unspecified atom stereocenters. The molecule has 0 spiro atoms. The third-order valence-corrected chi connectivity index (χ3v) is 25.1. The van der Waals surface area contributed by atoms with Gasteiger partial charge >= 0.3 is 0 Å². The quantitative estimate of drug-likeness (QED) is 0.0265. The maximum absolute atomic E-state index is 11.9. The highest BCUT2D eigenvalue weighted by Crippen LogP contribution is 2.33. The summed E-state index contributed by atoms with van der Waals surface area (Å²) >= 11 is 0. The van der Waals surface area contributed by atoms with Gasteiger partial charge in [0.15, 0.2) is 0 Å². The Morgan fingerprint density at radius 3 is 0.736 bits per heavy atom. The second-order valence-electron chi connectivity index (χ2n) is 47.9. The molecule has 0 aromatic heterocycles. The Bertz CT molecular complexity index is 5790. The Kier molecular flexibility index (Phi) is 50.6. The van der Waals surface area contributed by atoms with Crippen LogP contribution in [0.3, 0.4) is 0 Å². The lowest BCUT2D eigenvalue weighted by Crippen LogP contribution is -2.45. The van der Waals surface area contributed by atoms with Crippen molar-refractivity contribution >= 4 is 68.2 Å². The molecule has 792 valence electrons. The predicted octanol–water partition coefficient (Wildman–Crippen LogP) is 15.6. The van der Waals surface area contributed by atoms with Crippen LogP contribution in [0.5, 0.6) is 0 Å². The van der Waals surface area contributed by atoms with Gasteiger partial charge in [0.1, 0.15) is 45.5 Å². The van der Waals surface area contributed by atoms with E-state index in [-0.39, 0.29) is 125 Å². The number of hydrogen-bond donors (Lipinski definition) is 2. The number of nitrogens with one attached hydrogen (secondary N) is 2. The highest BCUT2D eigenvalue weighted by molar-refractivity contribution is 5.78. The minimum Gasteiger partial charge on any atom is -0.382 e. The van der Waals surface area contributed by atoms with Gasteiger partial charge in [0.05, 0.1) is 22.7 Å². The van der Waals surface area contributed by atoms with Crippen molar-refractivity contribution in [3.8, 4) is 0 Å². The first-order chi connectivity index (χ1) is 64.0. The predicted molar refractivity (Wildman–Crippen MR) is 601 cm³/mol. The van der Waals surface area contributed by atoms with Gasteiger partial charge in [-0.05, 0) is 208 Å². The monoisotopic (exact) mass is 1960 g/mol. The fourth-order valence-electron chi connectivity index (χ4n) is 16.1. The lowest BCUT2D eigenvalue weighted by Gasteiger charge is -2.29. The van der Waals surface area contributed by atoms with Gasteiger partial charge in [0.2, 0.25) is 43.4 Å².